The van der Waals surface area contributed by atoms with Crippen LogP contribution in [0.4, 0.5) is 0 Å². The average molecular weight is 265 g/mol. The molecule has 0 radical (unpaired) electrons. The van der Waals surface area contributed by atoms with Crippen molar-refractivity contribution in [1.29, 1.82) is 0 Å². The number of carbonyl (C=O) groups is 1. The maximum Gasteiger partial charge on any atom is 0.371 e. The van der Waals surface area contributed by atoms with Crippen LogP contribution in [0.5, 0.6) is 0 Å². The first kappa shape index (κ1) is 12.9. The van der Waals surface area contributed by atoms with E-state index in [1.54, 1.807) is 17.4 Å². The van der Waals surface area contributed by atoms with Gasteiger partial charge in [0.2, 0.25) is 5.76 Å². The Morgan fingerprint density at radius 2 is 2.06 bits per heavy atom. The lowest BCUT2D eigenvalue weighted by atomic mass is 10.3. The zero-order valence-corrected chi connectivity index (χ0v) is 10.9. The standard InChI is InChI=1S/C13H15NO3S/c1-2-10-4-5-11(18-10)8-14-7-9-3-6-12(17-9)13(15)16/h3-6,14H,2,7-8H2,1H3,(H,15,16). The Labute approximate surface area is 109 Å². The molecule has 2 N–H and O–H groups in total. The molecule has 0 aliphatic heterocycles. The van der Waals surface area contributed by atoms with Crippen LogP contribution in [-0.4, -0.2) is 11.1 Å². The smallest absolute Gasteiger partial charge is 0.371 e. The van der Waals surface area contributed by atoms with Gasteiger partial charge < -0.3 is 14.8 Å². The lowest BCUT2D eigenvalue weighted by Crippen LogP contribution is -2.11. The molecule has 0 bridgehead atoms. The van der Waals surface area contributed by atoms with Gasteiger partial charge in [-0.3, -0.25) is 0 Å². The SMILES string of the molecule is CCc1ccc(CNCc2ccc(C(=O)O)o2)s1. The first-order valence-corrected chi connectivity index (χ1v) is 6.61. The molecule has 2 heterocycles. The predicted octanol–water partition coefficient (Wildman–Crippen LogP) is 2.89. The summed E-state index contributed by atoms with van der Waals surface area (Å²) in [4.78, 5) is 13.3. The molecule has 0 saturated heterocycles. The van der Waals surface area contributed by atoms with Gasteiger partial charge in [0, 0.05) is 16.3 Å². The first-order chi connectivity index (χ1) is 8.69. The molecule has 4 nitrogen and oxygen atoms in total. The topological polar surface area (TPSA) is 62.5 Å². The fourth-order valence-electron chi connectivity index (χ4n) is 1.60. The van der Waals surface area contributed by atoms with Crippen LogP contribution in [0.3, 0.4) is 0 Å². The highest BCUT2D eigenvalue weighted by atomic mass is 32.1. The van der Waals surface area contributed by atoms with Crippen LogP contribution in [0.1, 0.15) is 33.0 Å². The second kappa shape index (κ2) is 5.84. The number of thiophene rings is 1. The summed E-state index contributed by atoms with van der Waals surface area (Å²) in [5, 5.41) is 12.0. The Morgan fingerprint density at radius 3 is 2.67 bits per heavy atom. The molecule has 0 aliphatic carbocycles. The Balaban J connectivity index is 1.82. The Hall–Kier alpha value is -1.59. The minimum atomic E-state index is -1.04. The van der Waals surface area contributed by atoms with Gasteiger partial charge in [-0.05, 0) is 30.7 Å². The molecule has 0 spiro atoms. The van der Waals surface area contributed by atoms with Crippen molar-refractivity contribution >= 4 is 17.3 Å². The highest BCUT2D eigenvalue weighted by Gasteiger charge is 2.08. The third kappa shape index (κ3) is 3.21. The zero-order chi connectivity index (χ0) is 13.0. The summed E-state index contributed by atoms with van der Waals surface area (Å²) in [6.07, 6.45) is 1.06. The van der Waals surface area contributed by atoms with Gasteiger partial charge in [-0.1, -0.05) is 6.92 Å². The van der Waals surface area contributed by atoms with Crippen molar-refractivity contribution in [2.45, 2.75) is 26.4 Å². The van der Waals surface area contributed by atoms with Gasteiger partial charge in [0.25, 0.3) is 0 Å². The Bertz CT molecular complexity index is 530. The van der Waals surface area contributed by atoms with Gasteiger partial charge in [0.15, 0.2) is 0 Å². The molecule has 2 rings (SSSR count). The summed E-state index contributed by atoms with van der Waals surface area (Å²) in [5.74, 6) is -0.414. The molecule has 0 unspecified atom stereocenters. The third-order valence-electron chi connectivity index (χ3n) is 2.54. The lowest BCUT2D eigenvalue weighted by Gasteiger charge is -1.99. The summed E-state index contributed by atoms with van der Waals surface area (Å²) in [7, 11) is 0. The van der Waals surface area contributed by atoms with Gasteiger partial charge in [-0.2, -0.15) is 0 Å². The summed E-state index contributed by atoms with van der Waals surface area (Å²) < 4.78 is 5.15. The van der Waals surface area contributed by atoms with Gasteiger partial charge in [-0.15, -0.1) is 11.3 Å². The number of aromatic carboxylic acids is 1. The minimum absolute atomic E-state index is 0.0174. The molecular weight excluding hydrogens is 250 g/mol. The summed E-state index contributed by atoms with van der Waals surface area (Å²) in [5.41, 5.74) is 0. The monoisotopic (exact) mass is 265 g/mol. The van der Waals surface area contributed by atoms with E-state index in [1.165, 1.54) is 15.8 Å². The number of nitrogens with one attached hydrogen (secondary N) is 1. The van der Waals surface area contributed by atoms with Crippen molar-refractivity contribution in [1.82, 2.24) is 5.32 Å². The maximum atomic E-state index is 10.6. The largest absolute Gasteiger partial charge is 0.475 e. The van der Waals surface area contributed by atoms with Crippen LogP contribution in [0.2, 0.25) is 0 Å². The van der Waals surface area contributed by atoms with Crippen LogP contribution in [-0.2, 0) is 19.5 Å². The number of aryl methyl sites for hydroxylation is 1. The fraction of sp³-hybridized carbons (Fsp3) is 0.308. The predicted molar refractivity (Wildman–Crippen MR) is 69.9 cm³/mol. The number of carboxylic acids is 1. The van der Waals surface area contributed by atoms with Crippen molar-refractivity contribution < 1.29 is 14.3 Å². The van der Waals surface area contributed by atoms with Crippen molar-refractivity contribution in [2.75, 3.05) is 0 Å². The van der Waals surface area contributed by atoms with Crippen LogP contribution in [0, 0.1) is 0 Å². The van der Waals surface area contributed by atoms with E-state index < -0.39 is 5.97 Å². The lowest BCUT2D eigenvalue weighted by molar-refractivity contribution is 0.0660. The molecule has 0 fully saturated rings. The van der Waals surface area contributed by atoms with Gasteiger partial charge in [0.05, 0.1) is 6.54 Å². The van der Waals surface area contributed by atoms with Gasteiger partial charge in [-0.25, -0.2) is 4.79 Å². The van der Waals surface area contributed by atoms with Gasteiger partial charge >= 0.3 is 5.97 Å². The van der Waals surface area contributed by atoms with E-state index in [9.17, 15) is 4.79 Å². The van der Waals surface area contributed by atoms with Crippen LogP contribution in [0.15, 0.2) is 28.7 Å². The van der Waals surface area contributed by atoms with E-state index in [2.05, 4.69) is 24.4 Å². The molecule has 2 aromatic rings. The third-order valence-corrected chi connectivity index (χ3v) is 3.77. The van der Waals surface area contributed by atoms with E-state index in [1.807, 2.05) is 0 Å². The molecule has 96 valence electrons. The molecule has 0 saturated carbocycles. The molecule has 2 aromatic heterocycles. The van der Waals surface area contributed by atoms with Crippen LogP contribution >= 0.6 is 11.3 Å². The molecule has 0 aliphatic rings. The van der Waals surface area contributed by atoms with Gasteiger partial charge in [0.1, 0.15) is 5.76 Å². The molecule has 5 heteroatoms. The van der Waals surface area contributed by atoms with E-state index >= 15 is 0 Å². The van der Waals surface area contributed by atoms with E-state index in [-0.39, 0.29) is 5.76 Å². The number of carboxylic acid groups (broad SMARTS) is 1. The number of hydrogen-bond donors (Lipinski definition) is 2. The van der Waals surface area contributed by atoms with E-state index in [0.29, 0.717) is 12.3 Å². The average Bonchev–Trinajstić information content (AvgIpc) is 2.97. The second-order valence-electron chi connectivity index (χ2n) is 3.90. The van der Waals surface area contributed by atoms with Crippen molar-refractivity contribution in [3.05, 3.63) is 45.5 Å². The fourth-order valence-corrected chi connectivity index (χ4v) is 2.53. The molecule has 0 atom stereocenters. The first-order valence-electron chi connectivity index (χ1n) is 5.79. The molecule has 18 heavy (non-hydrogen) atoms. The molecular formula is C13H15NO3S. The normalized spacial score (nSPS) is 10.7. The summed E-state index contributed by atoms with van der Waals surface area (Å²) in [6.45, 7) is 3.44. The van der Waals surface area contributed by atoms with Crippen molar-refractivity contribution in [3.8, 4) is 0 Å². The van der Waals surface area contributed by atoms with E-state index in [0.717, 1.165) is 13.0 Å². The van der Waals surface area contributed by atoms with Crippen LogP contribution in [0.25, 0.3) is 0 Å². The van der Waals surface area contributed by atoms with E-state index in [4.69, 9.17) is 9.52 Å². The minimum Gasteiger partial charge on any atom is -0.475 e. The highest BCUT2D eigenvalue weighted by molar-refractivity contribution is 7.11. The summed E-state index contributed by atoms with van der Waals surface area (Å²) in [6, 6.07) is 7.40. The molecule has 0 amide bonds. The van der Waals surface area contributed by atoms with Crippen LogP contribution < -0.4 is 5.32 Å². The molecule has 0 aromatic carbocycles. The second-order valence-corrected chi connectivity index (χ2v) is 5.15. The summed E-state index contributed by atoms with van der Waals surface area (Å²) >= 11 is 1.79. The maximum absolute atomic E-state index is 10.6. The number of furan rings is 1. The van der Waals surface area contributed by atoms with Crippen molar-refractivity contribution in [2.24, 2.45) is 0 Å². The number of rotatable bonds is 6. The highest BCUT2D eigenvalue weighted by Crippen LogP contribution is 2.16. The van der Waals surface area contributed by atoms with Crippen molar-refractivity contribution in [3.63, 3.8) is 0 Å². The number of hydrogen-bond acceptors (Lipinski definition) is 4. The zero-order valence-electron chi connectivity index (χ0n) is 10.1. The quantitative estimate of drug-likeness (QED) is 0.843. The Kier molecular flexibility index (Phi) is 4.17. The Morgan fingerprint density at radius 1 is 1.28 bits per heavy atom.